The lowest BCUT2D eigenvalue weighted by molar-refractivity contribution is 0.0621. The van der Waals surface area contributed by atoms with Crippen LogP contribution in [0.4, 0.5) is 0 Å². The number of oxazole rings is 1. The molecule has 0 aliphatic carbocycles. The first-order valence-corrected chi connectivity index (χ1v) is 12.3. The lowest BCUT2D eigenvalue weighted by Crippen LogP contribution is -2.48. The topological polar surface area (TPSA) is 66.9 Å². The first-order chi connectivity index (χ1) is 17.7. The van der Waals surface area contributed by atoms with E-state index in [0.717, 1.165) is 46.8 Å². The van der Waals surface area contributed by atoms with Crippen LogP contribution in [-0.2, 0) is 6.54 Å². The van der Waals surface area contributed by atoms with Crippen LogP contribution in [0.25, 0.3) is 28.0 Å². The van der Waals surface area contributed by atoms with Crippen LogP contribution in [0, 0.1) is 0 Å². The molecule has 0 saturated carbocycles. The highest BCUT2D eigenvalue weighted by atomic mass is 35.5. The monoisotopic (exact) mass is 497 g/mol. The lowest BCUT2D eigenvalue weighted by atomic mass is 10.1. The normalized spacial score (nSPS) is 14.4. The molecule has 0 bridgehead atoms. The predicted molar refractivity (Wildman–Crippen MR) is 139 cm³/mol. The molecule has 1 saturated heterocycles. The van der Waals surface area contributed by atoms with Gasteiger partial charge in [-0.1, -0.05) is 54.1 Å². The Kier molecular flexibility index (Phi) is 6.01. The zero-order chi connectivity index (χ0) is 24.5. The van der Waals surface area contributed by atoms with Crippen LogP contribution < -0.4 is 0 Å². The van der Waals surface area contributed by atoms with Gasteiger partial charge in [0.2, 0.25) is 0 Å². The number of nitrogens with zero attached hydrogens (tertiary/aromatic N) is 5. The third kappa shape index (κ3) is 4.39. The minimum atomic E-state index is -0.0902. The molecule has 4 heterocycles. The number of hydrogen-bond acceptors (Lipinski definition) is 5. The molecule has 3 aromatic heterocycles. The van der Waals surface area contributed by atoms with Crippen LogP contribution in [0.1, 0.15) is 16.2 Å². The second-order valence-electron chi connectivity index (χ2n) is 8.87. The number of piperazine rings is 1. The zero-order valence-corrected chi connectivity index (χ0v) is 20.3. The summed E-state index contributed by atoms with van der Waals surface area (Å²) in [6.45, 7) is 3.50. The van der Waals surface area contributed by atoms with Crippen LogP contribution in [-0.4, -0.2) is 56.3 Å². The summed E-state index contributed by atoms with van der Waals surface area (Å²) in [4.78, 5) is 25.9. The second-order valence-corrected chi connectivity index (χ2v) is 9.30. The molecule has 0 N–H and O–H groups in total. The Bertz CT molecular complexity index is 1490. The molecule has 1 aliphatic heterocycles. The highest BCUT2D eigenvalue weighted by Crippen LogP contribution is 2.29. The average molecular weight is 498 g/mol. The van der Waals surface area contributed by atoms with Gasteiger partial charge in [0.1, 0.15) is 11.9 Å². The molecule has 1 fully saturated rings. The van der Waals surface area contributed by atoms with Crippen molar-refractivity contribution in [3.63, 3.8) is 0 Å². The molecule has 1 amide bonds. The minimum Gasteiger partial charge on any atom is -0.451 e. The Morgan fingerprint density at radius 3 is 2.36 bits per heavy atom. The van der Waals surface area contributed by atoms with E-state index < -0.39 is 0 Å². The van der Waals surface area contributed by atoms with Gasteiger partial charge in [-0.25, -0.2) is 9.97 Å². The largest absolute Gasteiger partial charge is 0.451 e. The van der Waals surface area contributed by atoms with Crippen molar-refractivity contribution in [2.75, 3.05) is 26.2 Å². The number of carbonyl (C=O) groups is 1. The van der Waals surface area contributed by atoms with E-state index in [9.17, 15) is 4.79 Å². The second kappa shape index (κ2) is 9.60. The maximum absolute atomic E-state index is 12.7. The molecule has 36 heavy (non-hydrogen) atoms. The molecule has 2 aromatic carbocycles. The molecule has 7 nitrogen and oxygen atoms in total. The number of carbonyl (C=O) groups excluding carboxylic acids is 1. The number of fused-ring (bicyclic) bond motifs is 1. The van der Waals surface area contributed by atoms with Crippen LogP contribution in [0.3, 0.4) is 0 Å². The van der Waals surface area contributed by atoms with E-state index >= 15 is 0 Å². The Morgan fingerprint density at radius 2 is 1.64 bits per heavy atom. The molecular weight excluding hydrogens is 474 g/mol. The van der Waals surface area contributed by atoms with Crippen LogP contribution in [0.15, 0.2) is 90.0 Å². The van der Waals surface area contributed by atoms with Crippen LogP contribution >= 0.6 is 11.6 Å². The maximum Gasteiger partial charge on any atom is 0.275 e. The fraction of sp³-hybridized carbons (Fsp3) is 0.179. The van der Waals surface area contributed by atoms with Crippen molar-refractivity contribution >= 4 is 23.2 Å². The highest BCUT2D eigenvalue weighted by molar-refractivity contribution is 6.30. The Hall–Kier alpha value is -3.94. The summed E-state index contributed by atoms with van der Waals surface area (Å²) in [6.07, 6.45) is 4.85. The fourth-order valence-electron chi connectivity index (χ4n) is 4.69. The Labute approximate surface area is 213 Å². The average Bonchev–Trinajstić information content (AvgIpc) is 3.58. The SMILES string of the molecule is O=C(c1cocn1)N1CCN(Cc2c(-c3ccc(Cl)cc3)nc3ccc(-c4ccccc4)cn23)CC1. The first kappa shape index (κ1) is 22.5. The van der Waals surface area contributed by atoms with Gasteiger partial charge in [0.25, 0.3) is 5.91 Å². The van der Waals surface area contributed by atoms with Crippen molar-refractivity contribution < 1.29 is 9.21 Å². The molecule has 8 heteroatoms. The summed E-state index contributed by atoms with van der Waals surface area (Å²) in [5.41, 5.74) is 6.62. The van der Waals surface area contributed by atoms with Crippen molar-refractivity contribution in [3.8, 4) is 22.4 Å². The highest BCUT2D eigenvalue weighted by Gasteiger charge is 2.25. The molecular formula is C28H24ClN5O2. The Morgan fingerprint density at radius 1 is 0.889 bits per heavy atom. The van der Waals surface area contributed by atoms with Gasteiger partial charge in [-0.2, -0.15) is 0 Å². The standard InChI is InChI=1S/C28H24ClN5O2/c29-23-9-6-21(7-10-23)27-25(17-32-12-14-33(15-13-32)28(35)24-18-36-19-30-24)34-16-22(8-11-26(34)31-27)20-4-2-1-3-5-20/h1-11,16,18-19H,12-15,17H2. The lowest BCUT2D eigenvalue weighted by Gasteiger charge is -2.34. The van der Waals surface area contributed by atoms with Crippen LogP contribution in [0.2, 0.25) is 5.02 Å². The van der Waals surface area contributed by atoms with Crippen molar-refractivity contribution in [1.82, 2.24) is 24.2 Å². The van der Waals surface area contributed by atoms with E-state index in [-0.39, 0.29) is 5.91 Å². The number of imidazole rings is 1. The number of rotatable bonds is 5. The van der Waals surface area contributed by atoms with Gasteiger partial charge in [0.15, 0.2) is 12.1 Å². The number of benzene rings is 2. The molecule has 1 aliphatic rings. The first-order valence-electron chi connectivity index (χ1n) is 11.9. The molecule has 0 spiro atoms. The van der Waals surface area contributed by atoms with Gasteiger partial charge in [0, 0.05) is 49.5 Å². The zero-order valence-electron chi connectivity index (χ0n) is 19.5. The number of pyridine rings is 1. The van der Waals surface area contributed by atoms with Gasteiger partial charge in [-0.3, -0.25) is 9.69 Å². The number of aromatic nitrogens is 3. The van der Waals surface area contributed by atoms with E-state index in [1.165, 1.54) is 12.7 Å². The van der Waals surface area contributed by atoms with Gasteiger partial charge in [-0.15, -0.1) is 0 Å². The van der Waals surface area contributed by atoms with Gasteiger partial charge < -0.3 is 13.7 Å². The molecule has 6 rings (SSSR count). The van der Waals surface area contributed by atoms with E-state index in [4.69, 9.17) is 21.0 Å². The van der Waals surface area contributed by atoms with Crippen molar-refractivity contribution in [1.29, 1.82) is 0 Å². The summed E-state index contributed by atoms with van der Waals surface area (Å²) in [7, 11) is 0. The summed E-state index contributed by atoms with van der Waals surface area (Å²) >= 11 is 6.16. The summed E-state index contributed by atoms with van der Waals surface area (Å²) in [6, 6.07) is 22.4. The summed E-state index contributed by atoms with van der Waals surface area (Å²) in [5, 5.41) is 0.698. The third-order valence-electron chi connectivity index (χ3n) is 6.63. The van der Waals surface area contributed by atoms with Crippen molar-refractivity contribution in [3.05, 3.63) is 102 Å². The van der Waals surface area contributed by atoms with Gasteiger partial charge >= 0.3 is 0 Å². The van der Waals surface area contributed by atoms with Crippen LogP contribution in [0.5, 0.6) is 0 Å². The molecule has 5 aromatic rings. The van der Waals surface area contributed by atoms with E-state index in [1.54, 1.807) is 0 Å². The predicted octanol–water partition coefficient (Wildman–Crippen LogP) is 5.27. The fourth-order valence-corrected chi connectivity index (χ4v) is 4.81. The maximum atomic E-state index is 12.7. The van der Waals surface area contributed by atoms with Crippen molar-refractivity contribution in [2.24, 2.45) is 0 Å². The number of hydrogen-bond donors (Lipinski definition) is 0. The Balaban J connectivity index is 1.32. The smallest absolute Gasteiger partial charge is 0.275 e. The molecule has 0 unspecified atom stereocenters. The van der Waals surface area contributed by atoms with E-state index in [1.807, 2.05) is 47.4 Å². The third-order valence-corrected chi connectivity index (χ3v) is 6.88. The van der Waals surface area contributed by atoms with Gasteiger partial charge in [0.05, 0.1) is 11.4 Å². The van der Waals surface area contributed by atoms with Gasteiger partial charge in [-0.05, 0) is 35.4 Å². The molecule has 0 atom stereocenters. The quantitative estimate of drug-likeness (QED) is 0.331. The number of amides is 1. The molecule has 180 valence electrons. The number of halogens is 1. The summed E-state index contributed by atoms with van der Waals surface area (Å²) in [5.74, 6) is -0.0902. The van der Waals surface area contributed by atoms with Crippen molar-refractivity contribution in [2.45, 2.75) is 6.54 Å². The molecule has 0 radical (unpaired) electrons. The summed E-state index contributed by atoms with van der Waals surface area (Å²) < 4.78 is 7.17. The minimum absolute atomic E-state index is 0.0902. The van der Waals surface area contributed by atoms with E-state index in [0.29, 0.717) is 30.4 Å². The van der Waals surface area contributed by atoms with E-state index in [2.05, 4.69) is 44.7 Å².